The summed E-state index contributed by atoms with van der Waals surface area (Å²) in [5.74, 6) is 0.358. The van der Waals surface area contributed by atoms with Crippen molar-refractivity contribution in [1.82, 2.24) is 4.90 Å². The molecule has 0 aliphatic carbocycles. The molecule has 28 heavy (non-hydrogen) atoms. The standard InChI is InChI=1S/C19H16FN3O4S/c1-23-18(25)16(9-17(24)21-12-4-2-11(20)3-5-12)28-19(23)22-13-6-7-14-15(8-13)27-10-26-14/h2-8,16H,9-10H2,1H3,(H,21,24). The van der Waals surface area contributed by atoms with E-state index in [9.17, 15) is 14.0 Å². The van der Waals surface area contributed by atoms with Gasteiger partial charge in [-0.3, -0.25) is 14.5 Å². The second-order valence-electron chi connectivity index (χ2n) is 6.19. The molecule has 2 aromatic carbocycles. The SMILES string of the molecule is CN1C(=O)C(CC(=O)Nc2ccc(F)cc2)SC1=Nc1ccc2c(c1)OCO2. The molecule has 4 rings (SSSR count). The van der Waals surface area contributed by atoms with Gasteiger partial charge < -0.3 is 14.8 Å². The van der Waals surface area contributed by atoms with Crippen LogP contribution in [0.2, 0.25) is 0 Å². The number of thioether (sulfide) groups is 1. The molecule has 1 atom stereocenters. The Morgan fingerprint density at radius 2 is 2.00 bits per heavy atom. The molecule has 1 N–H and O–H groups in total. The van der Waals surface area contributed by atoms with Crippen LogP contribution in [0.4, 0.5) is 15.8 Å². The Morgan fingerprint density at radius 1 is 1.25 bits per heavy atom. The minimum absolute atomic E-state index is 0.00856. The maximum absolute atomic E-state index is 12.9. The zero-order chi connectivity index (χ0) is 19.7. The molecule has 9 heteroatoms. The van der Waals surface area contributed by atoms with Gasteiger partial charge in [0.05, 0.1) is 5.69 Å². The predicted molar refractivity (Wildman–Crippen MR) is 103 cm³/mol. The van der Waals surface area contributed by atoms with E-state index in [-0.39, 0.29) is 30.8 Å². The van der Waals surface area contributed by atoms with Crippen LogP contribution in [-0.2, 0) is 9.59 Å². The van der Waals surface area contributed by atoms with Crippen LogP contribution in [-0.4, -0.2) is 41.0 Å². The van der Waals surface area contributed by atoms with Crippen molar-refractivity contribution in [2.45, 2.75) is 11.7 Å². The van der Waals surface area contributed by atoms with Crippen LogP contribution in [0, 0.1) is 5.82 Å². The Balaban J connectivity index is 1.43. The highest BCUT2D eigenvalue weighted by molar-refractivity contribution is 8.15. The molecule has 7 nitrogen and oxygen atoms in total. The van der Waals surface area contributed by atoms with Crippen LogP contribution in [0.3, 0.4) is 0 Å². The van der Waals surface area contributed by atoms with Crippen molar-refractivity contribution in [3.05, 3.63) is 48.3 Å². The summed E-state index contributed by atoms with van der Waals surface area (Å²) < 4.78 is 23.6. The maximum atomic E-state index is 12.9. The van der Waals surface area contributed by atoms with Crippen molar-refractivity contribution < 1.29 is 23.5 Å². The predicted octanol–water partition coefficient (Wildman–Crippen LogP) is 3.14. The summed E-state index contributed by atoms with van der Waals surface area (Å²) in [7, 11) is 1.62. The fourth-order valence-corrected chi connectivity index (χ4v) is 3.93. The first-order chi connectivity index (χ1) is 13.5. The summed E-state index contributed by atoms with van der Waals surface area (Å²) in [5.41, 5.74) is 1.10. The molecule has 144 valence electrons. The van der Waals surface area contributed by atoms with Gasteiger partial charge in [0.25, 0.3) is 0 Å². The largest absolute Gasteiger partial charge is 0.454 e. The van der Waals surface area contributed by atoms with Gasteiger partial charge in [0.15, 0.2) is 16.7 Å². The molecule has 2 amide bonds. The van der Waals surface area contributed by atoms with Crippen molar-refractivity contribution in [3.63, 3.8) is 0 Å². The van der Waals surface area contributed by atoms with Crippen LogP contribution < -0.4 is 14.8 Å². The van der Waals surface area contributed by atoms with Crippen LogP contribution in [0.1, 0.15) is 6.42 Å². The van der Waals surface area contributed by atoms with Crippen LogP contribution in [0.15, 0.2) is 47.5 Å². The van der Waals surface area contributed by atoms with Crippen molar-refractivity contribution in [2.24, 2.45) is 4.99 Å². The monoisotopic (exact) mass is 401 g/mol. The summed E-state index contributed by atoms with van der Waals surface area (Å²) in [5, 5.41) is 2.60. The molecule has 0 aromatic heterocycles. The number of carbonyl (C=O) groups is 2. The maximum Gasteiger partial charge on any atom is 0.242 e. The van der Waals surface area contributed by atoms with E-state index < -0.39 is 5.25 Å². The molecule has 1 unspecified atom stereocenters. The van der Waals surface area contributed by atoms with Crippen molar-refractivity contribution in [3.8, 4) is 11.5 Å². The first kappa shape index (κ1) is 18.3. The molecule has 0 bridgehead atoms. The number of aliphatic imine (C=N–C) groups is 1. The molecule has 2 heterocycles. The van der Waals surface area contributed by atoms with Gasteiger partial charge in [-0.25, -0.2) is 9.38 Å². The fourth-order valence-electron chi connectivity index (χ4n) is 2.78. The van der Waals surface area contributed by atoms with Crippen molar-refractivity contribution >= 4 is 40.1 Å². The number of hydrogen-bond acceptors (Lipinski definition) is 6. The fraction of sp³-hybridized carbons (Fsp3) is 0.211. The van der Waals surface area contributed by atoms with Crippen molar-refractivity contribution in [2.75, 3.05) is 19.2 Å². The minimum Gasteiger partial charge on any atom is -0.454 e. The average Bonchev–Trinajstić information content (AvgIpc) is 3.24. The third-order valence-corrected chi connectivity index (χ3v) is 5.45. The summed E-state index contributed by atoms with van der Waals surface area (Å²) >= 11 is 1.23. The number of hydrogen-bond donors (Lipinski definition) is 1. The highest BCUT2D eigenvalue weighted by Crippen LogP contribution is 2.37. The summed E-state index contributed by atoms with van der Waals surface area (Å²) in [4.78, 5) is 30.6. The van der Waals surface area contributed by atoms with E-state index in [1.165, 1.54) is 40.9 Å². The Hall–Kier alpha value is -3.07. The second-order valence-corrected chi connectivity index (χ2v) is 7.36. The van der Waals surface area contributed by atoms with E-state index in [1.54, 1.807) is 25.2 Å². The summed E-state index contributed by atoms with van der Waals surface area (Å²) in [6, 6.07) is 10.7. The van der Waals surface area contributed by atoms with E-state index in [0.717, 1.165) is 0 Å². The van der Waals surface area contributed by atoms with Gasteiger partial charge in [0, 0.05) is 25.2 Å². The number of anilines is 1. The Labute approximate surface area is 164 Å². The molecule has 1 saturated heterocycles. The molecule has 1 fully saturated rings. The number of nitrogens with zero attached hydrogens (tertiary/aromatic N) is 2. The summed E-state index contributed by atoms with van der Waals surface area (Å²) in [6.07, 6.45) is -0.00856. The number of halogens is 1. The molecule has 2 aromatic rings. The van der Waals surface area contributed by atoms with E-state index in [4.69, 9.17) is 9.47 Å². The van der Waals surface area contributed by atoms with Gasteiger partial charge in [-0.2, -0.15) is 0 Å². The number of amides is 2. The van der Waals surface area contributed by atoms with Gasteiger partial charge in [0.1, 0.15) is 11.1 Å². The lowest BCUT2D eigenvalue weighted by molar-refractivity contribution is -0.127. The van der Waals surface area contributed by atoms with E-state index >= 15 is 0 Å². The van der Waals surface area contributed by atoms with Crippen LogP contribution >= 0.6 is 11.8 Å². The van der Waals surface area contributed by atoms with E-state index in [1.807, 2.05) is 0 Å². The third kappa shape index (κ3) is 3.79. The lowest BCUT2D eigenvalue weighted by Crippen LogP contribution is -2.30. The number of rotatable bonds is 4. The third-order valence-electron chi connectivity index (χ3n) is 4.22. The quantitative estimate of drug-likeness (QED) is 0.851. The Morgan fingerprint density at radius 3 is 2.79 bits per heavy atom. The van der Waals surface area contributed by atoms with E-state index in [0.29, 0.717) is 28.0 Å². The number of carbonyl (C=O) groups excluding carboxylic acids is 2. The number of ether oxygens (including phenoxy) is 2. The number of nitrogens with one attached hydrogen (secondary N) is 1. The Kier molecular flexibility index (Phi) is 4.91. The zero-order valence-corrected chi connectivity index (χ0v) is 15.7. The highest BCUT2D eigenvalue weighted by Gasteiger charge is 2.37. The molecule has 0 radical (unpaired) electrons. The number of amidine groups is 1. The molecular weight excluding hydrogens is 385 g/mol. The van der Waals surface area contributed by atoms with Crippen molar-refractivity contribution in [1.29, 1.82) is 0 Å². The normalized spacial score (nSPS) is 19.4. The smallest absolute Gasteiger partial charge is 0.242 e. The zero-order valence-electron chi connectivity index (χ0n) is 14.8. The van der Waals surface area contributed by atoms with E-state index in [2.05, 4.69) is 10.3 Å². The average molecular weight is 401 g/mol. The molecule has 2 aliphatic rings. The van der Waals surface area contributed by atoms with Crippen LogP contribution in [0.5, 0.6) is 11.5 Å². The lowest BCUT2D eigenvalue weighted by atomic mass is 10.2. The van der Waals surface area contributed by atoms with Gasteiger partial charge in [0.2, 0.25) is 18.6 Å². The lowest BCUT2D eigenvalue weighted by Gasteiger charge is -2.09. The Bertz CT molecular complexity index is 964. The highest BCUT2D eigenvalue weighted by atomic mass is 32.2. The summed E-state index contributed by atoms with van der Waals surface area (Å²) in [6.45, 7) is 0.174. The van der Waals surface area contributed by atoms with Gasteiger partial charge in [-0.05, 0) is 36.4 Å². The molecule has 0 spiro atoms. The first-order valence-corrected chi connectivity index (χ1v) is 9.35. The van der Waals surface area contributed by atoms with Gasteiger partial charge in [-0.15, -0.1) is 0 Å². The molecule has 0 saturated carbocycles. The second kappa shape index (κ2) is 7.51. The van der Waals surface area contributed by atoms with Gasteiger partial charge in [-0.1, -0.05) is 11.8 Å². The van der Waals surface area contributed by atoms with Gasteiger partial charge >= 0.3 is 0 Å². The first-order valence-electron chi connectivity index (χ1n) is 8.47. The molecular formula is C19H16FN3O4S. The topological polar surface area (TPSA) is 80.2 Å². The minimum atomic E-state index is -0.571. The number of benzene rings is 2. The van der Waals surface area contributed by atoms with Crippen LogP contribution in [0.25, 0.3) is 0 Å². The number of fused-ring (bicyclic) bond motifs is 1. The molecule has 2 aliphatic heterocycles.